The van der Waals surface area contributed by atoms with Gasteiger partial charge < -0.3 is 9.55 Å². The van der Waals surface area contributed by atoms with Crippen LogP contribution in [-0.2, 0) is 0 Å². The summed E-state index contributed by atoms with van der Waals surface area (Å²) in [6.07, 6.45) is 1.78. The molecule has 0 saturated carbocycles. The fourth-order valence-corrected chi connectivity index (χ4v) is 5.00. The average Bonchev–Trinajstić information content (AvgIpc) is 3.42. The highest BCUT2D eigenvalue weighted by atomic mass is 32.2. The number of allylic oxidation sites excluding steroid dienone is 1. The summed E-state index contributed by atoms with van der Waals surface area (Å²) in [5, 5.41) is 20.7. The van der Waals surface area contributed by atoms with Gasteiger partial charge in [-0.15, -0.1) is 0 Å². The van der Waals surface area contributed by atoms with E-state index in [0.29, 0.717) is 22.4 Å². The van der Waals surface area contributed by atoms with Crippen molar-refractivity contribution in [3.63, 3.8) is 0 Å². The number of H-pyrrole nitrogens is 1. The molecule has 37 heavy (non-hydrogen) atoms. The van der Waals surface area contributed by atoms with E-state index in [1.165, 1.54) is 36.0 Å². The Hall–Kier alpha value is -4.68. The zero-order chi connectivity index (χ0) is 26.1. The first-order valence-electron chi connectivity index (χ1n) is 11.3. The quantitative estimate of drug-likeness (QED) is 0.148. The van der Waals surface area contributed by atoms with Crippen LogP contribution in [0.25, 0.3) is 28.4 Å². The Bertz CT molecular complexity index is 1710. The number of benzene rings is 3. The van der Waals surface area contributed by atoms with Crippen LogP contribution in [0, 0.1) is 41.1 Å². The minimum atomic E-state index is -0.411. The van der Waals surface area contributed by atoms with Crippen molar-refractivity contribution < 1.29 is 9.31 Å². The second-order valence-corrected chi connectivity index (χ2v) is 9.57. The first-order chi connectivity index (χ1) is 17.8. The standard InChI is InChI=1S/C28H20FN5O2S/c1-17-13-19(14-20(16-30)28-31-26-12-3-21(29)15-27(26)32-28)18(2)33(17)22-4-8-24(9-5-22)37-25-10-6-23(7-11-25)34(35)36/h3-15H,1-2H3,(H,31,32)/b20-14-. The highest BCUT2D eigenvalue weighted by Crippen LogP contribution is 2.31. The molecule has 5 rings (SSSR count). The van der Waals surface area contributed by atoms with Crippen molar-refractivity contribution in [2.24, 2.45) is 0 Å². The lowest BCUT2D eigenvalue weighted by atomic mass is 10.1. The van der Waals surface area contributed by atoms with Gasteiger partial charge in [-0.05, 0) is 86.2 Å². The van der Waals surface area contributed by atoms with Crippen molar-refractivity contribution in [2.75, 3.05) is 0 Å². The summed E-state index contributed by atoms with van der Waals surface area (Å²) in [5.41, 5.74) is 5.36. The van der Waals surface area contributed by atoms with Gasteiger partial charge in [-0.2, -0.15) is 5.26 Å². The molecule has 0 atom stereocenters. The van der Waals surface area contributed by atoms with Crippen LogP contribution in [0.15, 0.2) is 82.6 Å². The molecule has 7 nitrogen and oxygen atoms in total. The summed E-state index contributed by atoms with van der Waals surface area (Å²) in [6.45, 7) is 3.99. The minimum absolute atomic E-state index is 0.0666. The third kappa shape index (κ3) is 4.87. The van der Waals surface area contributed by atoms with Crippen molar-refractivity contribution in [3.8, 4) is 11.8 Å². The number of aromatic amines is 1. The highest BCUT2D eigenvalue weighted by molar-refractivity contribution is 7.99. The number of hydrogen-bond donors (Lipinski definition) is 1. The van der Waals surface area contributed by atoms with Crippen LogP contribution >= 0.6 is 11.8 Å². The number of nitrogens with one attached hydrogen (secondary N) is 1. The molecule has 2 aromatic heterocycles. The number of aryl methyl sites for hydroxylation is 1. The Labute approximate surface area is 216 Å². The lowest BCUT2D eigenvalue weighted by molar-refractivity contribution is -0.384. The summed E-state index contributed by atoms with van der Waals surface area (Å²) in [7, 11) is 0. The molecule has 0 aliphatic carbocycles. The van der Waals surface area contributed by atoms with E-state index in [2.05, 4.69) is 20.6 Å². The van der Waals surface area contributed by atoms with Crippen LogP contribution in [0.5, 0.6) is 0 Å². The number of nitro benzene ring substituents is 1. The van der Waals surface area contributed by atoms with E-state index in [0.717, 1.165) is 32.4 Å². The maximum Gasteiger partial charge on any atom is 0.269 e. The molecule has 0 aliphatic rings. The van der Waals surface area contributed by atoms with Crippen LogP contribution in [0.4, 0.5) is 10.1 Å². The number of nitriles is 1. The van der Waals surface area contributed by atoms with E-state index in [1.54, 1.807) is 24.3 Å². The topological polar surface area (TPSA) is 101 Å². The Morgan fingerprint density at radius 2 is 1.76 bits per heavy atom. The molecule has 0 fully saturated rings. The minimum Gasteiger partial charge on any atom is -0.337 e. The Balaban J connectivity index is 1.41. The smallest absolute Gasteiger partial charge is 0.269 e. The molecule has 0 saturated heterocycles. The monoisotopic (exact) mass is 509 g/mol. The van der Waals surface area contributed by atoms with Gasteiger partial charge in [-0.3, -0.25) is 10.1 Å². The number of aromatic nitrogens is 3. The maximum atomic E-state index is 13.6. The number of halogens is 1. The molecule has 9 heteroatoms. The molecule has 0 amide bonds. The van der Waals surface area contributed by atoms with Crippen molar-refractivity contribution in [3.05, 3.63) is 112 Å². The molecule has 0 spiro atoms. The average molecular weight is 510 g/mol. The van der Waals surface area contributed by atoms with Gasteiger partial charge in [0.25, 0.3) is 5.69 Å². The molecule has 0 radical (unpaired) electrons. The summed E-state index contributed by atoms with van der Waals surface area (Å²) in [4.78, 5) is 19.8. The molecule has 0 bridgehead atoms. The van der Waals surface area contributed by atoms with E-state index in [9.17, 15) is 19.8 Å². The number of imidazole rings is 1. The molecule has 182 valence electrons. The van der Waals surface area contributed by atoms with Crippen LogP contribution < -0.4 is 0 Å². The van der Waals surface area contributed by atoms with Crippen molar-refractivity contribution in [2.45, 2.75) is 23.6 Å². The van der Waals surface area contributed by atoms with Crippen LogP contribution in [-0.4, -0.2) is 19.5 Å². The van der Waals surface area contributed by atoms with Gasteiger partial charge in [0.2, 0.25) is 0 Å². The third-order valence-electron chi connectivity index (χ3n) is 5.97. The van der Waals surface area contributed by atoms with Crippen molar-refractivity contribution >= 4 is 40.1 Å². The Kier molecular flexibility index (Phi) is 6.34. The molecular formula is C28H20FN5O2S. The number of hydrogen-bond acceptors (Lipinski definition) is 5. The summed E-state index contributed by atoms with van der Waals surface area (Å²) >= 11 is 1.53. The van der Waals surface area contributed by atoms with Crippen molar-refractivity contribution in [1.82, 2.24) is 14.5 Å². The summed E-state index contributed by atoms with van der Waals surface area (Å²) in [5.74, 6) is 0.0198. The van der Waals surface area contributed by atoms with Gasteiger partial charge in [-0.1, -0.05) is 11.8 Å². The number of nitro groups is 1. The largest absolute Gasteiger partial charge is 0.337 e. The molecule has 2 heterocycles. The molecule has 3 aromatic carbocycles. The fourth-order valence-electron chi connectivity index (χ4n) is 4.18. The van der Waals surface area contributed by atoms with Gasteiger partial charge in [0, 0.05) is 39.0 Å². The summed E-state index contributed by atoms with van der Waals surface area (Å²) in [6, 6.07) is 23.0. The lowest BCUT2D eigenvalue weighted by Gasteiger charge is -2.11. The third-order valence-corrected chi connectivity index (χ3v) is 6.98. The van der Waals surface area contributed by atoms with E-state index in [1.807, 2.05) is 44.2 Å². The Morgan fingerprint density at radius 1 is 1.08 bits per heavy atom. The number of rotatable bonds is 6. The molecule has 0 unspecified atom stereocenters. The van der Waals surface area contributed by atoms with Gasteiger partial charge in [0.1, 0.15) is 17.7 Å². The maximum absolute atomic E-state index is 13.6. The van der Waals surface area contributed by atoms with Gasteiger partial charge in [0.05, 0.1) is 21.5 Å². The molecule has 5 aromatic rings. The molecular weight excluding hydrogens is 489 g/mol. The van der Waals surface area contributed by atoms with E-state index < -0.39 is 4.92 Å². The zero-order valence-electron chi connectivity index (χ0n) is 19.9. The number of nitrogens with zero attached hydrogens (tertiary/aromatic N) is 4. The number of non-ortho nitro benzene ring substituents is 1. The van der Waals surface area contributed by atoms with E-state index in [4.69, 9.17) is 0 Å². The number of fused-ring (bicyclic) bond motifs is 1. The predicted octanol–water partition coefficient (Wildman–Crippen LogP) is 7.23. The first kappa shape index (κ1) is 24.0. The SMILES string of the molecule is Cc1cc(/C=C(/C#N)c2nc3ccc(F)cc3[nH]2)c(C)n1-c1ccc(Sc2ccc([N+](=O)[O-])cc2)cc1. The molecule has 0 aliphatic heterocycles. The van der Waals surface area contributed by atoms with Crippen molar-refractivity contribution in [1.29, 1.82) is 5.26 Å². The second-order valence-electron chi connectivity index (χ2n) is 8.43. The second kappa shape index (κ2) is 9.76. The van der Waals surface area contributed by atoms with Crippen LogP contribution in [0.2, 0.25) is 0 Å². The van der Waals surface area contributed by atoms with Gasteiger partial charge >= 0.3 is 0 Å². The highest BCUT2D eigenvalue weighted by Gasteiger charge is 2.14. The summed E-state index contributed by atoms with van der Waals surface area (Å²) < 4.78 is 15.7. The van der Waals surface area contributed by atoms with E-state index >= 15 is 0 Å². The van der Waals surface area contributed by atoms with Gasteiger partial charge in [-0.25, -0.2) is 9.37 Å². The van der Waals surface area contributed by atoms with Crippen LogP contribution in [0.3, 0.4) is 0 Å². The van der Waals surface area contributed by atoms with Crippen LogP contribution in [0.1, 0.15) is 22.8 Å². The van der Waals surface area contributed by atoms with E-state index in [-0.39, 0.29) is 11.5 Å². The first-order valence-corrected chi connectivity index (χ1v) is 12.1. The fraction of sp³-hybridized carbons (Fsp3) is 0.0714. The zero-order valence-corrected chi connectivity index (χ0v) is 20.7. The Morgan fingerprint density at radius 3 is 2.41 bits per heavy atom. The lowest BCUT2D eigenvalue weighted by Crippen LogP contribution is -1.99. The van der Waals surface area contributed by atoms with Gasteiger partial charge in [0.15, 0.2) is 0 Å². The molecule has 1 N–H and O–H groups in total. The predicted molar refractivity (Wildman–Crippen MR) is 142 cm³/mol. The normalized spacial score (nSPS) is 11.6.